The highest BCUT2D eigenvalue weighted by molar-refractivity contribution is 7.12. The largest absolute Gasteiger partial charge is 0.334 e. The van der Waals surface area contributed by atoms with E-state index >= 15 is 0 Å². The average molecular weight is 193 g/mol. The van der Waals surface area contributed by atoms with Crippen molar-refractivity contribution >= 4 is 17.2 Å². The van der Waals surface area contributed by atoms with Gasteiger partial charge in [-0.05, 0) is 17.9 Å². The van der Waals surface area contributed by atoms with Crippen LogP contribution in [-0.2, 0) is 0 Å². The molecule has 13 heavy (non-hydrogen) atoms. The van der Waals surface area contributed by atoms with Crippen LogP contribution in [-0.4, -0.2) is 23.9 Å². The molecule has 2 rings (SSSR count). The van der Waals surface area contributed by atoms with Gasteiger partial charge in [-0.3, -0.25) is 4.79 Å². The quantitative estimate of drug-likeness (QED) is 0.626. The maximum absolute atomic E-state index is 11.8. The second-order valence-electron chi connectivity index (χ2n) is 2.99. The average Bonchev–Trinajstić information content (AvgIpc) is 2.71. The smallest absolute Gasteiger partial charge is 0.264 e. The zero-order chi connectivity index (χ0) is 9.10. The predicted octanol–water partition coefficient (Wildman–Crippen LogP) is 2.15. The van der Waals surface area contributed by atoms with Crippen LogP contribution < -0.4 is 0 Å². The molecule has 0 bridgehead atoms. The maximum atomic E-state index is 11.8. The molecular formula is C10H11NOS. The van der Waals surface area contributed by atoms with Gasteiger partial charge in [0.2, 0.25) is 0 Å². The molecule has 0 N–H and O–H groups in total. The van der Waals surface area contributed by atoms with Gasteiger partial charge in [-0.2, -0.15) is 0 Å². The van der Waals surface area contributed by atoms with Crippen molar-refractivity contribution < 1.29 is 4.79 Å². The van der Waals surface area contributed by atoms with Crippen molar-refractivity contribution in [3.8, 4) is 0 Å². The summed E-state index contributed by atoms with van der Waals surface area (Å²) in [6, 6.07) is 3.79. The Bertz CT molecular complexity index is 316. The summed E-state index contributed by atoms with van der Waals surface area (Å²) in [7, 11) is 0. The van der Waals surface area contributed by atoms with Gasteiger partial charge in [0.1, 0.15) is 0 Å². The van der Waals surface area contributed by atoms with Gasteiger partial charge in [0.15, 0.2) is 0 Å². The Morgan fingerprint density at radius 3 is 3.00 bits per heavy atom. The Labute approximate surface area is 81.5 Å². The minimum atomic E-state index is 0.166. The van der Waals surface area contributed by atoms with E-state index in [2.05, 4.69) is 12.2 Å². The maximum Gasteiger partial charge on any atom is 0.264 e. The number of hydrogen-bond acceptors (Lipinski definition) is 2. The number of rotatable bonds is 1. The van der Waals surface area contributed by atoms with E-state index < -0.39 is 0 Å². The number of amides is 1. The second kappa shape index (κ2) is 3.75. The van der Waals surface area contributed by atoms with Crippen molar-refractivity contribution in [3.63, 3.8) is 0 Å². The molecule has 1 amide bonds. The highest BCUT2D eigenvalue weighted by Gasteiger charge is 2.15. The Kier molecular flexibility index (Phi) is 2.45. The molecule has 0 aliphatic carbocycles. The predicted molar refractivity (Wildman–Crippen MR) is 54.0 cm³/mol. The van der Waals surface area contributed by atoms with Gasteiger partial charge in [-0.25, -0.2) is 0 Å². The molecule has 0 radical (unpaired) electrons. The number of nitrogens with zero attached hydrogens (tertiary/aromatic N) is 1. The van der Waals surface area contributed by atoms with E-state index in [9.17, 15) is 4.79 Å². The molecule has 0 saturated carbocycles. The van der Waals surface area contributed by atoms with Crippen molar-refractivity contribution in [2.24, 2.45) is 0 Å². The first-order valence-electron chi connectivity index (χ1n) is 4.36. The van der Waals surface area contributed by atoms with Gasteiger partial charge in [-0.15, -0.1) is 11.3 Å². The lowest BCUT2D eigenvalue weighted by Crippen LogP contribution is -2.33. The van der Waals surface area contributed by atoms with Gasteiger partial charge >= 0.3 is 0 Å². The Morgan fingerprint density at radius 1 is 1.46 bits per heavy atom. The fraction of sp³-hybridized carbons (Fsp3) is 0.300. The lowest BCUT2D eigenvalue weighted by molar-refractivity contribution is 0.0776. The van der Waals surface area contributed by atoms with Crippen molar-refractivity contribution in [2.75, 3.05) is 13.1 Å². The minimum absolute atomic E-state index is 0.166. The molecule has 0 fully saturated rings. The molecule has 2 heterocycles. The highest BCUT2D eigenvalue weighted by Crippen LogP contribution is 2.13. The molecule has 1 aliphatic rings. The summed E-state index contributed by atoms with van der Waals surface area (Å²) < 4.78 is 0. The zero-order valence-electron chi connectivity index (χ0n) is 7.27. The molecule has 2 nitrogen and oxygen atoms in total. The Hall–Kier alpha value is -1.09. The van der Waals surface area contributed by atoms with Gasteiger partial charge in [0.25, 0.3) is 5.91 Å². The molecule has 0 spiro atoms. The molecule has 1 aliphatic heterocycles. The Balaban J connectivity index is 2.09. The van der Waals surface area contributed by atoms with Crippen LogP contribution in [0.1, 0.15) is 16.1 Å². The molecular weight excluding hydrogens is 182 g/mol. The normalized spacial score (nSPS) is 16.2. The summed E-state index contributed by atoms with van der Waals surface area (Å²) in [6.07, 6.45) is 5.16. The molecule has 1 aromatic rings. The summed E-state index contributed by atoms with van der Waals surface area (Å²) >= 11 is 1.51. The summed E-state index contributed by atoms with van der Waals surface area (Å²) in [5, 5.41) is 1.94. The first-order valence-corrected chi connectivity index (χ1v) is 5.23. The van der Waals surface area contributed by atoms with Gasteiger partial charge in [0, 0.05) is 13.1 Å². The molecule has 3 heteroatoms. The van der Waals surface area contributed by atoms with Crippen molar-refractivity contribution in [1.82, 2.24) is 4.90 Å². The van der Waals surface area contributed by atoms with Crippen LogP contribution in [0.2, 0.25) is 0 Å². The fourth-order valence-electron chi connectivity index (χ4n) is 1.38. The molecule has 0 saturated heterocycles. The third kappa shape index (κ3) is 1.80. The van der Waals surface area contributed by atoms with E-state index in [1.54, 1.807) is 0 Å². The Morgan fingerprint density at radius 2 is 2.38 bits per heavy atom. The molecule has 1 aromatic heterocycles. The van der Waals surface area contributed by atoms with E-state index in [4.69, 9.17) is 0 Å². The topological polar surface area (TPSA) is 20.3 Å². The van der Waals surface area contributed by atoms with E-state index in [1.165, 1.54) is 11.3 Å². The van der Waals surface area contributed by atoms with Crippen molar-refractivity contribution in [2.45, 2.75) is 6.42 Å². The number of hydrogen-bond donors (Lipinski definition) is 0. The van der Waals surface area contributed by atoms with Crippen LogP contribution in [0.15, 0.2) is 29.7 Å². The van der Waals surface area contributed by atoms with Crippen molar-refractivity contribution in [1.29, 1.82) is 0 Å². The molecule has 68 valence electrons. The van der Waals surface area contributed by atoms with Crippen LogP contribution >= 0.6 is 11.3 Å². The van der Waals surface area contributed by atoms with E-state index in [0.717, 1.165) is 24.4 Å². The van der Waals surface area contributed by atoms with Crippen LogP contribution in [0, 0.1) is 0 Å². The lowest BCUT2D eigenvalue weighted by Gasteiger charge is -2.22. The van der Waals surface area contributed by atoms with Gasteiger partial charge in [0.05, 0.1) is 4.88 Å². The van der Waals surface area contributed by atoms with Crippen LogP contribution in [0.4, 0.5) is 0 Å². The third-order valence-electron chi connectivity index (χ3n) is 2.08. The SMILES string of the molecule is O=C(c1cccs1)N1CC=CCC1. The first-order chi connectivity index (χ1) is 6.38. The van der Waals surface area contributed by atoms with Crippen LogP contribution in [0.3, 0.4) is 0 Å². The number of thiophene rings is 1. The monoisotopic (exact) mass is 193 g/mol. The molecule has 0 atom stereocenters. The highest BCUT2D eigenvalue weighted by atomic mass is 32.1. The van der Waals surface area contributed by atoms with Gasteiger partial charge < -0.3 is 4.90 Å². The summed E-state index contributed by atoms with van der Waals surface area (Å²) in [6.45, 7) is 1.62. The third-order valence-corrected chi connectivity index (χ3v) is 2.94. The standard InChI is InChI=1S/C10H11NOS/c12-10(9-5-4-8-13-9)11-6-2-1-3-7-11/h1-2,4-5,8H,3,6-7H2. The summed E-state index contributed by atoms with van der Waals surface area (Å²) in [5.74, 6) is 0.166. The zero-order valence-corrected chi connectivity index (χ0v) is 8.09. The first kappa shape index (κ1) is 8.51. The molecule has 0 aromatic carbocycles. The summed E-state index contributed by atoms with van der Waals surface area (Å²) in [5.41, 5.74) is 0. The minimum Gasteiger partial charge on any atom is -0.334 e. The second-order valence-corrected chi connectivity index (χ2v) is 3.94. The lowest BCUT2D eigenvalue weighted by atomic mass is 10.2. The van der Waals surface area contributed by atoms with E-state index in [-0.39, 0.29) is 5.91 Å². The van der Waals surface area contributed by atoms with Crippen LogP contribution in [0.25, 0.3) is 0 Å². The van der Waals surface area contributed by atoms with E-state index in [1.807, 2.05) is 22.4 Å². The van der Waals surface area contributed by atoms with E-state index in [0.29, 0.717) is 0 Å². The van der Waals surface area contributed by atoms with Crippen LogP contribution in [0.5, 0.6) is 0 Å². The van der Waals surface area contributed by atoms with Crippen molar-refractivity contribution in [3.05, 3.63) is 34.5 Å². The molecule has 0 unspecified atom stereocenters. The summed E-state index contributed by atoms with van der Waals surface area (Å²) in [4.78, 5) is 14.5. The number of carbonyl (C=O) groups excluding carboxylic acids is 1. The number of carbonyl (C=O) groups is 1. The fourth-order valence-corrected chi connectivity index (χ4v) is 2.07. The van der Waals surface area contributed by atoms with Gasteiger partial charge in [-0.1, -0.05) is 18.2 Å².